The van der Waals surface area contributed by atoms with Crippen molar-refractivity contribution >= 4 is 62.4 Å². The Bertz CT molecular complexity index is 159. The molecule has 0 unspecified atom stereocenters. The van der Waals surface area contributed by atoms with Crippen molar-refractivity contribution in [3.8, 4) is 0 Å². The van der Waals surface area contributed by atoms with Gasteiger partial charge in [0.05, 0.1) is 0 Å². The van der Waals surface area contributed by atoms with Gasteiger partial charge < -0.3 is 45.6 Å². The molecule has 0 amide bonds. The number of hydrogen-bond donors (Lipinski definition) is 6. The Morgan fingerprint density at radius 3 is 0.588 bits per heavy atom. The normalized spacial score (nSPS) is 5.65. The molecule has 0 aliphatic carbocycles. The minimum atomic E-state index is -2.33. The van der Waals surface area contributed by atoms with Gasteiger partial charge in [0.25, 0.3) is 0 Å². The van der Waals surface area contributed by atoms with Gasteiger partial charge in [0.15, 0.2) is 0 Å². The van der Waals surface area contributed by atoms with E-state index in [0.717, 1.165) is 0 Å². The second-order valence-corrected chi connectivity index (χ2v) is 1.10. The Morgan fingerprint density at radius 1 is 0.588 bits per heavy atom. The van der Waals surface area contributed by atoms with Gasteiger partial charge >= 0.3 is 56.2 Å². The zero-order valence-electron chi connectivity index (χ0n) is 7.84. The predicted octanol–water partition coefficient (Wildman–Crippen LogP) is -2.16. The first kappa shape index (κ1) is 29.5. The third kappa shape index (κ3) is 792. The summed E-state index contributed by atoms with van der Waals surface area (Å²) in [6, 6.07) is 0. The van der Waals surface area contributed by atoms with Crippen molar-refractivity contribution in [1.29, 1.82) is 0 Å². The molecule has 0 rings (SSSR count). The maximum atomic E-state index is 8.56. The van der Waals surface area contributed by atoms with E-state index in [9.17, 15) is 0 Å². The largest absolute Gasteiger partial charge is 2.00 e. The molecular formula is C4H6CaO12. The van der Waals surface area contributed by atoms with Crippen molar-refractivity contribution in [1.82, 2.24) is 0 Å². The summed E-state index contributed by atoms with van der Waals surface area (Å²) in [4.78, 5) is 34.0. The molecule has 0 aliphatic rings. The number of carboxylic acid groups (broad SMARTS) is 8. The molecule has 0 aromatic heterocycles. The van der Waals surface area contributed by atoms with Gasteiger partial charge in [-0.3, -0.25) is 0 Å². The van der Waals surface area contributed by atoms with Gasteiger partial charge in [0.2, 0.25) is 0 Å². The molecule has 0 saturated carbocycles. The molecule has 0 radical (unpaired) electrons. The molecule has 0 aliphatic heterocycles. The van der Waals surface area contributed by atoms with E-state index in [4.69, 9.17) is 60.0 Å². The standard InChI is InChI=1S/4CH2O3.Ca/c4*2-1(3)4;/h4*(H2,2,3,4);/q;;;;+2/p-2. The van der Waals surface area contributed by atoms with Gasteiger partial charge in [-0.1, -0.05) is 0 Å². The van der Waals surface area contributed by atoms with E-state index in [1.807, 2.05) is 0 Å². The summed E-state index contributed by atoms with van der Waals surface area (Å²) >= 11 is 0. The molecule has 12 nitrogen and oxygen atoms in total. The van der Waals surface area contributed by atoms with Crippen molar-refractivity contribution in [3.63, 3.8) is 0 Å². The first-order chi connectivity index (χ1) is 6.93. The minimum absolute atomic E-state index is 0. The fourth-order valence-corrected chi connectivity index (χ4v) is 0. The van der Waals surface area contributed by atoms with Crippen LogP contribution in [0.2, 0.25) is 0 Å². The van der Waals surface area contributed by atoms with Gasteiger partial charge in [0.1, 0.15) is 0 Å². The zero-order chi connectivity index (χ0) is 14.3. The summed E-state index contributed by atoms with van der Waals surface area (Å²) in [5, 5.41) is 58.5. The van der Waals surface area contributed by atoms with E-state index in [1.54, 1.807) is 0 Å². The zero-order valence-corrected chi connectivity index (χ0v) is 10.0. The monoisotopic (exact) mass is 286 g/mol. The molecule has 6 N–H and O–H groups in total. The van der Waals surface area contributed by atoms with Gasteiger partial charge in [-0.25, -0.2) is 14.4 Å². The van der Waals surface area contributed by atoms with Crippen LogP contribution in [0.1, 0.15) is 0 Å². The van der Waals surface area contributed by atoms with Crippen LogP contribution in [0, 0.1) is 0 Å². The van der Waals surface area contributed by atoms with Crippen LogP contribution in [0.4, 0.5) is 19.2 Å². The van der Waals surface area contributed by atoms with E-state index < -0.39 is 24.6 Å². The third-order valence-corrected chi connectivity index (χ3v) is 0. The van der Waals surface area contributed by atoms with E-state index in [1.165, 1.54) is 0 Å². The van der Waals surface area contributed by atoms with Crippen LogP contribution in [-0.2, 0) is 0 Å². The summed E-state index contributed by atoms with van der Waals surface area (Å²) < 4.78 is 0. The Labute approximate surface area is 122 Å². The molecule has 0 fully saturated rings. The van der Waals surface area contributed by atoms with Crippen molar-refractivity contribution in [2.45, 2.75) is 0 Å². The third-order valence-electron chi connectivity index (χ3n) is 0. The minimum Gasteiger partial charge on any atom is -0.652 e. The molecule has 17 heavy (non-hydrogen) atoms. The molecule has 0 aromatic carbocycles. The Balaban J connectivity index is -0.0000000369. The number of carbonyl (C=O) groups excluding carboxylic acids is 1. The number of carbonyl (C=O) groups is 4. The van der Waals surface area contributed by atoms with Crippen molar-refractivity contribution in [2.75, 3.05) is 0 Å². The van der Waals surface area contributed by atoms with Crippen LogP contribution in [0.15, 0.2) is 0 Å². The molecule has 0 aromatic rings. The Kier molecular flexibility index (Phi) is 41.4. The molecule has 0 spiro atoms. The van der Waals surface area contributed by atoms with Crippen LogP contribution < -0.4 is 10.2 Å². The van der Waals surface area contributed by atoms with Crippen LogP contribution in [-0.4, -0.2) is 93.0 Å². The summed E-state index contributed by atoms with van der Waals surface area (Å²) in [5.74, 6) is 0. The summed E-state index contributed by atoms with van der Waals surface area (Å²) in [7, 11) is 0. The number of rotatable bonds is 0. The van der Waals surface area contributed by atoms with E-state index >= 15 is 0 Å². The van der Waals surface area contributed by atoms with Crippen LogP contribution >= 0.6 is 0 Å². The Morgan fingerprint density at radius 2 is 0.588 bits per heavy atom. The molecule has 13 heteroatoms. The second-order valence-electron chi connectivity index (χ2n) is 1.10. The van der Waals surface area contributed by atoms with Gasteiger partial charge in [-0.15, -0.1) is 0 Å². The average Bonchev–Trinajstić information content (AvgIpc) is 1.76. The summed E-state index contributed by atoms with van der Waals surface area (Å²) in [6.07, 6.45) is -7.83. The van der Waals surface area contributed by atoms with E-state index in [2.05, 4.69) is 0 Å². The molecule has 0 bridgehead atoms. The van der Waals surface area contributed by atoms with Crippen LogP contribution in [0.25, 0.3) is 0 Å². The SMILES string of the molecule is O=C(O)O.O=C(O)O.O=C(O)O.O=C([O-])[O-].[Ca+2]. The summed E-state index contributed by atoms with van der Waals surface area (Å²) in [5.41, 5.74) is 0. The predicted molar refractivity (Wildman–Crippen MR) is 43.1 cm³/mol. The average molecular weight is 286 g/mol. The first-order valence-electron chi connectivity index (χ1n) is 2.57. The fraction of sp³-hybridized carbons (Fsp3) is 0. The molecule has 0 saturated heterocycles. The summed E-state index contributed by atoms with van der Waals surface area (Å²) in [6.45, 7) is 0. The maximum Gasteiger partial charge on any atom is 2.00 e. The van der Waals surface area contributed by atoms with Gasteiger partial charge in [-0.2, -0.15) is 0 Å². The quantitative estimate of drug-likeness (QED) is 0.261. The second kappa shape index (κ2) is 23.9. The van der Waals surface area contributed by atoms with Gasteiger partial charge in [0, 0.05) is 0 Å². The maximum absolute atomic E-state index is 8.56. The molecule has 96 valence electrons. The van der Waals surface area contributed by atoms with Crippen molar-refractivity contribution in [2.24, 2.45) is 0 Å². The smallest absolute Gasteiger partial charge is 0.652 e. The van der Waals surface area contributed by atoms with E-state index in [0.29, 0.717) is 0 Å². The topological polar surface area (TPSA) is 236 Å². The van der Waals surface area contributed by atoms with Crippen LogP contribution in [0.5, 0.6) is 0 Å². The molecule has 0 atom stereocenters. The number of hydrogen-bond acceptors (Lipinski definition) is 6. The van der Waals surface area contributed by atoms with Crippen LogP contribution in [0.3, 0.4) is 0 Å². The van der Waals surface area contributed by atoms with E-state index in [-0.39, 0.29) is 37.7 Å². The Hall–Kier alpha value is -1.66. The van der Waals surface area contributed by atoms with Crippen molar-refractivity contribution in [3.05, 3.63) is 0 Å². The molecular weight excluding hydrogens is 280 g/mol. The van der Waals surface area contributed by atoms with Gasteiger partial charge in [-0.05, 0) is 6.16 Å². The molecule has 0 heterocycles. The van der Waals surface area contributed by atoms with Crippen molar-refractivity contribution < 1.29 is 60.0 Å². The first-order valence-corrected chi connectivity index (χ1v) is 2.57. The fourth-order valence-electron chi connectivity index (χ4n) is 0.